The molecule has 0 amide bonds. The SMILES string of the molecule is CC.N#Cc1nc(Br)ccc1C(F)F. The number of alkyl halides is 2. The van der Waals surface area contributed by atoms with Crippen molar-refractivity contribution in [3.05, 3.63) is 28.0 Å². The highest BCUT2D eigenvalue weighted by molar-refractivity contribution is 9.10. The second kappa shape index (κ2) is 6.44. The van der Waals surface area contributed by atoms with Crippen molar-refractivity contribution in [1.29, 1.82) is 5.26 Å². The Hall–Kier alpha value is -1.02. The van der Waals surface area contributed by atoms with Crippen LogP contribution in [0.1, 0.15) is 31.5 Å². The van der Waals surface area contributed by atoms with Crippen LogP contribution in [0.2, 0.25) is 0 Å². The van der Waals surface area contributed by atoms with Crippen molar-refractivity contribution in [3.8, 4) is 6.07 Å². The lowest BCUT2D eigenvalue weighted by atomic mass is 10.2. The molecule has 0 fully saturated rings. The fourth-order valence-electron chi connectivity index (χ4n) is 0.712. The van der Waals surface area contributed by atoms with Crippen LogP contribution in [-0.4, -0.2) is 4.98 Å². The summed E-state index contributed by atoms with van der Waals surface area (Å²) in [5.41, 5.74) is -0.569. The third-order valence-corrected chi connectivity index (χ3v) is 1.68. The fraction of sp³-hybridized carbons (Fsp3) is 0.333. The van der Waals surface area contributed by atoms with E-state index >= 15 is 0 Å². The van der Waals surface area contributed by atoms with Gasteiger partial charge in [0.05, 0.1) is 5.56 Å². The summed E-state index contributed by atoms with van der Waals surface area (Å²) < 4.78 is 24.7. The van der Waals surface area contributed by atoms with Gasteiger partial charge in [0, 0.05) is 0 Å². The van der Waals surface area contributed by atoms with Crippen molar-refractivity contribution in [2.24, 2.45) is 0 Å². The van der Waals surface area contributed by atoms with E-state index in [-0.39, 0.29) is 11.3 Å². The Labute approximate surface area is 89.7 Å². The normalized spacial score (nSPS) is 8.93. The zero-order valence-corrected chi connectivity index (χ0v) is 9.35. The highest BCUT2D eigenvalue weighted by atomic mass is 79.9. The molecule has 0 aromatic carbocycles. The van der Waals surface area contributed by atoms with Crippen LogP contribution in [0.3, 0.4) is 0 Å². The second-order valence-electron chi connectivity index (χ2n) is 1.98. The summed E-state index contributed by atoms with van der Waals surface area (Å²) in [4.78, 5) is 3.59. The summed E-state index contributed by atoms with van der Waals surface area (Å²) in [7, 11) is 0. The van der Waals surface area contributed by atoms with Gasteiger partial charge in [-0.2, -0.15) is 5.26 Å². The van der Waals surface area contributed by atoms with Crippen molar-refractivity contribution in [3.63, 3.8) is 0 Å². The summed E-state index contributed by atoms with van der Waals surface area (Å²) >= 11 is 2.98. The summed E-state index contributed by atoms with van der Waals surface area (Å²) in [6.07, 6.45) is -2.65. The van der Waals surface area contributed by atoms with Gasteiger partial charge in [-0.3, -0.25) is 0 Å². The molecule has 0 atom stereocenters. The Bertz CT molecular complexity index is 334. The van der Waals surface area contributed by atoms with Crippen LogP contribution in [0, 0.1) is 11.3 Å². The molecule has 0 bridgehead atoms. The minimum Gasteiger partial charge on any atom is -0.230 e. The first kappa shape index (κ1) is 13.0. The molecule has 14 heavy (non-hydrogen) atoms. The maximum atomic E-state index is 12.1. The molecule has 0 unspecified atom stereocenters. The topological polar surface area (TPSA) is 36.7 Å². The average Bonchev–Trinajstić information content (AvgIpc) is 2.20. The molecule has 0 radical (unpaired) electrons. The number of hydrogen-bond donors (Lipinski definition) is 0. The number of aromatic nitrogens is 1. The van der Waals surface area contributed by atoms with Gasteiger partial charge < -0.3 is 0 Å². The predicted molar refractivity (Wildman–Crippen MR) is 53.0 cm³/mol. The van der Waals surface area contributed by atoms with E-state index in [1.165, 1.54) is 12.1 Å². The molecule has 1 aromatic heterocycles. The molecule has 0 N–H and O–H groups in total. The van der Waals surface area contributed by atoms with E-state index in [1.54, 1.807) is 6.07 Å². The van der Waals surface area contributed by atoms with Gasteiger partial charge in [0.1, 0.15) is 10.7 Å². The standard InChI is InChI=1S/C7H3BrF2N2.C2H6/c8-6-2-1-4(7(9)10)5(3-11)12-6;1-2/h1-2,7H;1-2H3. The molecule has 0 aliphatic heterocycles. The van der Waals surface area contributed by atoms with Crippen molar-refractivity contribution in [1.82, 2.24) is 4.98 Å². The van der Waals surface area contributed by atoms with Crippen LogP contribution >= 0.6 is 15.9 Å². The van der Waals surface area contributed by atoms with E-state index in [0.29, 0.717) is 4.60 Å². The van der Waals surface area contributed by atoms with Gasteiger partial charge in [0.25, 0.3) is 6.43 Å². The lowest BCUT2D eigenvalue weighted by Gasteiger charge is -2.00. The summed E-state index contributed by atoms with van der Waals surface area (Å²) in [5, 5.41) is 8.43. The maximum Gasteiger partial charge on any atom is 0.266 e. The first-order valence-electron chi connectivity index (χ1n) is 4.00. The highest BCUT2D eigenvalue weighted by Gasteiger charge is 2.13. The van der Waals surface area contributed by atoms with Gasteiger partial charge in [0.15, 0.2) is 5.69 Å². The highest BCUT2D eigenvalue weighted by Crippen LogP contribution is 2.22. The van der Waals surface area contributed by atoms with Crippen molar-refractivity contribution < 1.29 is 8.78 Å². The third kappa shape index (κ3) is 3.38. The smallest absolute Gasteiger partial charge is 0.230 e. The van der Waals surface area contributed by atoms with Crippen LogP contribution in [0.5, 0.6) is 0 Å². The number of halogens is 3. The minimum absolute atomic E-state index is 0.237. The lowest BCUT2D eigenvalue weighted by Crippen LogP contribution is -1.93. The number of hydrogen-bond acceptors (Lipinski definition) is 2. The Balaban J connectivity index is 0.000000791. The molecule has 1 rings (SSSR count). The lowest BCUT2D eigenvalue weighted by molar-refractivity contribution is 0.150. The molecular weight excluding hydrogens is 254 g/mol. The van der Waals surface area contributed by atoms with Crippen LogP contribution in [0.15, 0.2) is 16.7 Å². The van der Waals surface area contributed by atoms with Crippen LogP contribution in [0.4, 0.5) is 8.78 Å². The molecule has 0 aliphatic carbocycles. The summed E-state index contributed by atoms with van der Waals surface area (Å²) in [5.74, 6) is 0. The number of pyridine rings is 1. The molecule has 0 spiro atoms. The van der Waals surface area contributed by atoms with Crippen LogP contribution < -0.4 is 0 Å². The van der Waals surface area contributed by atoms with E-state index < -0.39 is 6.43 Å². The molecule has 1 heterocycles. The van der Waals surface area contributed by atoms with E-state index in [0.717, 1.165) is 0 Å². The molecule has 2 nitrogen and oxygen atoms in total. The number of rotatable bonds is 1. The Morgan fingerprint density at radius 3 is 2.43 bits per heavy atom. The van der Waals surface area contributed by atoms with Crippen molar-refractivity contribution >= 4 is 15.9 Å². The van der Waals surface area contributed by atoms with Crippen LogP contribution in [0.25, 0.3) is 0 Å². The molecule has 0 saturated heterocycles. The molecule has 5 heteroatoms. The van der Waals surface area contributed by atoms with Gasteiger partial charge in [0.2, 0.25) is 0 Å². The van der Waals surface area contributed by atoms with Gasteiger partial charge >= 0.3 is 0 Å². The van der Waals surface area contributed by atoms with E-state index in [9.17, 15) is 8.78 Å². The first-order chi connectivity index (χ1) is 6.65. The Kier molecular flexibility index (Phi) is 5.97. The zero-order chi connectivity index (χ0) is 11.1. The van der Waals surface area contributed by atoms with E-state index in [1.807, 2.05) is 13.8 Å². The molecule has 0 aliphatic rings. The van der Waals surface area contributed by atoms with Gasteiger partial charge in [-0.15, -0.1) is 0 Å². The van der Waals surface area contributed by atoms with Gasteiger partial charge in [-0.1, -0.05) is 13.8 Å². The van der Waals surface area contributed by atoms with E-state index in [4.69, 9.17) is 5.26 Å². The quantitative estimate of drug-likeness (QED) is 0.724. The Morgan fingerprint density at radius 1 is 1.43 bits per heavy atom. The van der Waals surface area contributed by atoms with Gasteiger partial charge in [-0.05, 0) is 28.1 Å². The van der Waals surface area contributed by atoms with E-state index in [2.05, 4.69) is 20.9 Å². The zero-order valence-electron chi connectivity index (χ0n) is 7.76. The number of nitriles is 1. The molecular formula is C9H9BrF2N2. The predicted octanol–water partition coefficient (Wildman–Crippen LogP) is 3.68. The largest absolute Gasteiger partial charge is 0.266 e. The third-order valence-electron chi connectivity index (χ3n) is 1.23. The minimum atomic E-state index is -2.65. The van der Waals surface area contributed by atoms with Crippen molar-refractivity contribution in [2.45, 2.75) is 20.3 Å². The fourth-order valence-corrected chi connectivity index (χ4v) is 1.02. The molecule has 0 saturated carbocycles. The average molecular weight is 263 g/mol. The monoisotopic (exact) mass is 262 g/mol. The first-order valence-corrected chi connectivity index (χ1v) is 4.79. The summed E-state index contributed by atoms with van der Waals surface area (Å²) in [6.45, 7) is 4.00. The molecule has 1 aromatic rings. The van der Waals surface area contributed by atoms with Gasteiger partial charge in [-0.25, -0.2) is 13.8 Å². The maximum absolute atomic E-state index is 12.1. The molecule has 76 valence electrons. The summed E-state index contributed by atoms with van der Waals surface area (Å²) in [6, 6.07) is 4.15. The second-order valence-corrected chi connectivity index (χ2v) is 2.80. The van der Waals surface area contributed by atoms with Crippen molar-refractivity contribution in [2.75, 3.05) is 0 Å². The van der Waals surface area contributed by atoms with Crippen LogP contribution in [-0.2, 0) is 0 Å². The Morgan fingerprint density at radius 2 is 2.00 bits per heavy atom. The number of nitrogens with zero attached hydrogens (tertiary/aromatic N) is 2.